The van der Waals surface area contributed by atoms with Crippen molar-refractivity contribution in [2.45, 2.75) is 32.1 Å². The van der Waals surface area contributed by atoms with Crippen LogP contribution in [0.5, 0.6) is 0 Å². The maximum absolute atomic E-state index is 12.0. The maximum atomic E-state index is 12.0. The van der Waals surface area contributed by atoms with Crippen molar-refractivity contribution >= 4 is 42.1 Å². The number of thiazole rings is 1. The molecular weight excluding hydrogens is 391 g/mol. The molecular formula is C18H26Cl2N4OS. The van der Waals surface area contributed by atoms with Crippen molar-refractivity contribution in [3.05, 3.63) is 34.9 Å². The standard InChI is InChI=1S/C18H24N4OS.2ClH/c23-17(2-1-14-3-8-19-9-4-14)21-12-7-18-22-16(13-24-18)15-5-10-20-11-6-15;;/h5-6,10-11,13-14,19H,1-4,7-9,12H2,(H,21,23);2*1H. The third-order valence-corrected chi connectivity index (χ3v) is 5.34. The van der Waals surface area contributed by atoms with E-state index in [0.717, 1.165) is 42.2 Å². The zero-order valence-electron chi connectivity index (χ0n) is 14.6. The Bertz CT molecular complexity index is 648. The van der Waals surface area contributed by atoms with Crippen LogP contribution in [0.2, 0.25) is 0 Å². The second-order valence-corrected chi connectivity index (χ2v) is 7.14. The number of nitrogens with zero attached hydrogens (tertiary/aromatic N) is 2. The number of piperidine rings is 1. The van der Waals surface area contributed by atoms with E-state index in [0.29, 0.717) is 18.9 Å². The molecule has 1 amide bonds. The SMILES string of the molecule is Cl.Cl.O=C(CCC1CCNCC1)NCCc1nc(-c2ccncc2)cs1. The number of hydrogen-bond acceptors (Lipinski definition) is 5. The van der Waals surface area contributed by atoms with Gasteiger partial charge in [-0.3, -0.25) is 9.78 Å². The fourth-order valence-electron chi connectivity index (χ4n) is 2.98. The van der Waals surface area contributed by atoms with E-state index in [9.17, 15) is 4.79 Å². The first-order chi connectivity index (χ1) is 11.8. The van der Waals surface area contributed by atoms with Gasteiger partial charge in [-0.1, -0.05) is 0 Å². The van der Waals surface area contributed by atoms with Gasteiger partial charge in [-0.15, -0.1) is 36.2 Å². The van der Waals surface area contributed by atoms with Crippen molar-refractivity contribution < 1.29 is 4.79 Å². The summed E-state index contributed by atoms with van der Waals surface area (Å²) >= 11 is 1.64. The van der Waals surface area contributed by atoms with E-state index in [1.165, 1.54) is 12.8 Å². The Balaban J connectivity index is 0.00000169. The lowest BCUT2D eigenvalue weighted by molar-refractivity contribution is -0.121. The Labute approximate surface area is 171 Å². The van der Waals surface area contributed by atoms with Gasteiger partial charge in [0, 0.05) is 42.7 Å². The number of aromatic nitrogens is 2. The van der Waals surface area contributed by atoms with Crippen molar-refractivity contribution in [2.75, 3.05) is 19.6 Å². The zero-order chi connectivity index (χ0) is 16.6. The van der Waals surface area contributed by atoms with Crippen LogP contribution in [0.25, 0.3) is 11.3 Å². The first-order valence-electron chi connectivity index (χ1n) is 8.63. The highest BCUT2D eigenvalue weighted by molar-refractivity contribution is 7.09. The maximum Gasteiger partial charge on any atom is 0.220 e. The molecule has 26 heavy (non-hydrogen) atoms. The van der Waals surface area contributed by atoms with Gasteiger partial charge < -0.3 is 10.6 Å². The summed E-state index contributed by atoms with van der Waals surface area (Å²) in [4.78, 5) is 20.6. The van der Waals surface area contributed by atoms with Crippen LogP contribution in [0.4, 0.5) is 0 Å². The second kappa shape index (κ2) is 12.2. The molecule has 1 fully saturated rings. The lowest BCUT2D eigenvalue weighted by atomic mass is 9.93. The molecule has 144 valence electrons. The smallest absolute Gasteiger partial charge is 0.220 e. The summed E-state index contributed by atoms with van der Waals surface area (Å²) in [5, 5.41) is 9.50. The Morgan fingerprint density at radius 3 is 2.69 bits per heavy atom. The fourth-order valence-corrected chi connectivity index (χ4v) is 3.79. The van der Waals surface area contributed by atoms with E-state index in [1.54, 1.807) is 23.7 Å². The summed E-state index contributed by atoms with van der Waals surface area (Å²) in [7, 11) is 0. The fraction of sp³-hybridized carbons (Fsp3) is 0.500. The van der Waals surface area contributed by atoms with Crippen LogP contribution < -0.4 is 10.6 Å². The van der Waals surface area contributed by atoms with E-state index in [1.807, 2.05) is 12.1 Å². The van der Waals surface area contributed by atoms with Gasteiger partial charge in [-0.25, -0.2) is 4.98 Å². The van der Waals surface area contributed by atoms with Crippen LogP contribution in [0.1, 0.15) is 30.7 Å². The molecule has 0 saturated carbocycles. The number of amides is 1. The molecule has 0 spiro atoms. The Hall–Kier alpha value is -1.21. The van der Waals surface area contributed by atoms with Crippen LogP contribution in [0.3, 0.4) is 0 Å². The number of rotatable bonds is 7. The molecule has 0 atom stereocenters. The molecule has 0 radical (unpaired) electrons. The molecule has 3 rings (SSSR count). The molecule has 5 nitrogen and oxygen atoms in total. The summed E-state index contributed by atoms with van der Waals surface area (Å²) < 4.78 is 0. The average Bonchev–Trinajstić information content (AvgIpc) is 3.11. The van der Waals surface area contributed by atoms with Crippen LogP contribution in [0.15, 0.2) is 29.9 Å². The van der Waals surface area contributed by atoms with Gasteiger partial charge in [0.05, 0.1) is 10.7 Å². The van der Waals surface area contributed by atoms with Gasteiger partial charge in [0.1, 0.15) is 0 Å². The van der Waals surface area contributed by atoms with Gasteiger partial charge >= 0.3 is 0 Å². The minimum Gasteiger partial charge on any atom is -0.356 e. The van der Waals surface area contributed by atoms with Crippen molar-refractivity contribution in [3.8, 4) is 11.3 Å². The Morgan fingerprint density at radius 2 is 1.96 bits per heavy atom. The van der Waals surface area contributed by atoms with Gasteiger partial charge in [0.15, 0.2) is 0 Å². The van der Waals surface area contributed by atoms with E-state index in [4.69, 9.17) is 0 Å². The second-order valence-electron chi connectivity index (χ2n) is 6.19. The van der Waals surface area contributed by atoms with Gasteiger partial charge in [0.25, 0.3) is 0 Å². The largest absolute Gasteiger partial charge is 0.356 e. The predicted octanol–water partition coefficient (Wildman–Crippen LogP) is 3.49. The first-order valence-corrected chi connectivity index (χ1v) is 9.51. The third-order valence-electron chi connectivity index (χ3n) is 4.43. The van der Waals surface area contributed by atoms with Crippen LogP contribution in [0, 0.1) is 5.92 Å². The molecule has 0 aliphatic carbocycles. The molecule has 1 aliphatic heterocycles. The normalized spacial score (nSPS) is 14.2. The summed E-state index contributed by atoms with van der Waals surface area (Å²) in [6.45, 7) is 2.85. The molecule has 0 unspecified atom stereocenters. The number of halogens is 2. The average molecular weight is 417 g/mol. The Kier molecular flexibility index (Phi) is 10.7. The van der Waals surface area contributed by atoms with Crippen molar-refractivity contribution in [2.24, 2.45) is 5.92 Å². The molecule has 3 heterocycles. The number of nitrogens with one attached hydrogen (secondary N) is 2. The van der Waals surface area contributed by atoms with Crippen molar-refractivity contribution in [3.63, 3.8) is 0 Å². The molecule has 1 saturated heterocycles. The molecule has 1 aliphatic rings. The van der Waals surface area contributed by atoms with E-state index in [-0.39, 0.29) is 30.7 Å². The third kappa shape index (κ3) is 7.19. The molecule has 2 aromatic rings. The molecule has 0 aromatic carbocycles. The van der Waals surface area contributed by atoms with E-state index < -0.39 is 0 Å². The molecule has 2 N–H and O–H groups in total. The van der Waals surface area contributed by atoms with E-state index in [2.05, 4.69) is 26.0 Å². The molecule has 8 heteroatoms. The Morgan fingerprint density at radius 1 is 1.23 bits per heavy atom. The lowest BCUT2D eigenvalue weighted by Crippen LogP contribution is -2.30. The minimum absolute atomic E-state index is 0. The quantitative estimate of drug-likeness (QED) is 0.724. The predicted molar refractivity (Wildman–Crippen MR) is 111 cm³/mol. The highest BCUT2D eigenvalue weighted by atomic mass is 35.5. The number of carbonyl (C=O) groups excluding carboxylic acids is 1. The highest BCUT2D eigenvalue weighted by Crippen LogP contribution is 2.21. The molecule has 0 bridgehead atoms. The van der Waals surface area contributed by atoms with Crippen LogP contribution in [-0.2, 0) is 11.2 Å². The van der Waals surface area contributed by atoms with Crippen molar-refractivity contribution in [1.82, 2.24) is 20.6 Å². The lowest BCUT2D eigenvalue weighted by Gasteiger charge is -2.22. The summed E-state index contributed by atoms with van der Waals surface area (Å²) in [6.07, 6.45) is 8.39. The topological polar surface area (TPSA) is 66.9 Å². The van der Waals surface area contributed by atoms with E-state index >= 15 is 0 Å². The minimum atomic E-state index is 0. The monoisotopic (exact) mass is 416 g/mol. The van der Waals surface area contributed by atoms with Gasteiger partial charge in [0.2, 0.25) is 5.91 Å². The summed E-state index contributed by atoms with van der Waals surface area (Å²) in [6, 6.07) is 3.92. The van der Waals surface area contributed by atoms with Gasteiger partial charge in [-0.05, 0) is 50.4 Å². The number of hydrogen-bond donors (Lipinski definition) is 2. The summed E-state index contributed by atoms with van der Waals surface area (Å²) in [5.74, 6) is 0.873. The van der Waals surface area contributed by atoms with Crippen LogP contribution >= 0.6 is 36.2 Å². The van der Waals surface area contributed by atoms with Crippen molar-refractivity contribution in [1.29, 1.82) is 0 Å². The van der Waals surface area contributed by atoms with Gasteiger partial charge in [-0.2, -0.15) is 0 Å². The van der Waals surface area contributed by atoms with Crippen LogP contribution in [-0.4, -0.2) is 35.5 Å². The number of carbonyl (C=O) groups is 1. The molecule has 2 aromatic heterocycles. The summed E-state index contributed by atoms with van der Waals surface area (Å²) in [5.41, 5.74) is 2.06. The highest BCUT2D eigenvalue weighted by Gasteiger charge is 2.14. The first kappa shape index (κ1) is 22.8. The zero-order valence-corrected chi connectivity index (χ0v) is 17.1. The number of pyridine rings is 1.